The summed E-state index contributed by atoms with van der Waals surface area (Å²) in [5.74, 6) is -0.375. The molecule has 0 saturated carbocycles. The van der Waals surface area contributed by atoms with Crippen molar-refractivity contribution in [3.8, 4) is 0 Å². The molecule has 0 spiro atoms. The number of halogens is 2. The van der Waals surface area contributed by atoms with E-state index in [2.05, 4.69) is 37.2 Å². The van der Waals surface area contributed by atoms with Crippen LogP contribution in [0.5, 0.6) is 0 Å². The molecule has 0 heterocycles. The average molecular weight is 608 g/mol. The van der Waals surface area contributed by atoms with Crippen LogP contribution in [0.25, 0.3) is 0 Å². The molecule has 1 N–H and O–H groups in total. The Morgan fingerprint density at radius 3 is 1.97 bits per heavy atom. The van der Waals surface area contributed by atoms with E-state index >= 15 is 0 Å². The number of benzene rings is 3. The van der Waals surface area contributed by atoms with Crippen LogP contribution in [-0.4, -0.2) is 25.2 Å². The van der Waals surface area contributed by atoms with Gasteiger partial charge in [0.2, 0.25) is 15.9 Å². The van der Waals surface area contributed by atoms with Crippen molar-refractivity contribution in [2.24, 2.45) is 0 Å². The maximum atomic E-state index is 13.5. The minimum absolute atomic E-state index is 0.0819. The van der Waals surface area contributed by atoms with Crippen molar-refractivity contribution in [2.45, 2.75) is 45.1 Å². The summed E-state index contributed by atoms with van der Waals surface area (Å²) >= 11 is 6.94. The van der Waals surface area contributed by atoms with Crippen molar-refractivity contribution in [3.63, 3.8) is 0 Å². The van der Waals surface area contributed by atoms with Crippen molar-refractivity contribution in [1.29, 1.82) is 0 Å². The van der Waals surface area contributed by atoms with Crippen LogP contribution in [-0.2, 0) is 34.2 Å². The molecule has 0 aliphatic rings. The molecule has 34 heavy (non-hydrogen) atoms. The molecular weight excluding hydrogens is 580 g/mol. The zero-order chi connectivity index (χ0) is 24.9. The van der Waals surface area contributed by atoms with Crippen molar-refractivity contribution in [2.75, 3.05) is 11.9 Å². The molecular formula is C26H28Br2N2O3S. The monoisotopic (exact) mass is 606 g/mol. The van der Waals surface area contributed by atoms with Gasteiger partial charge in [0, 0.05) is 21.2 Å². The highest BCUT2D eigenvalue weighted by Gasteiger charge is 2.27. The summed E-state index contributed by atoms with van der Waals surface area (Å²) in [5, 5.41) is 2.99. The van der Waals surface area contributed by atoms with Crippen LogP contribution >= 0.6 is 31.9 Å². The number of rotatable bonds is 9. The van der Waals surface area contributed by atoms with Crippen molar-refractivity contribution < 1.29 is 13.2 Å². The molecule has 0 bridgehead atoms. The second-order valence-electron chi connectivity index (χ2n) is 8.07. The molecule has 0 saturated heterocycles. The van der Waals surface area contributed by atoms with Crippen molar-refractivity contribution in [1.82, 2.24) is 4.31 Å². The van der Waals surface area contributed by atoms with E-state index in [0.717, 1.165) is 49.7 Å². The van der Waals surface area contributed by atoms with E-state index in [1.54, 1.807) is 24.3 Å². The SMILES string of the molecule is CCc1cc(Br)cc(CC)c1NC(=O)CN(Cc1ccc(Br)cc1)S(=O)(=O)c1ccc(C)cc1. The Hall–Kier alpha value is -2.00. The first-order chi connectivity index (χ1) is 16.1. The second kappa shape index (κ2) is 11.6. The Balaban J connectivity index is 1.93. The predicted molar refractivity (Wildman–Crippen MR) is 144 cm³/mol. The second-order valence-corrected chi connectivity index (χ2v) is 11.8. The number of carbonyl (C=O) groups is 1. The Morgan fingerprint density at radius 2 is 1.44 bits per heavy atom. The topological polar surface area (TPSA) is 66.5 Å². The standard InChI is InChI=1S/C26H28Br2N2O3S/c1-4-20-14-23(28)15-21(5-2)26(20)29-25(31)17-30(16-19-8-10-22(27)11-9-19)34(32,33)24-12-6-18(3)7-13-24/h6-15H,4-5,16-17H2,1-3H3,(H,29,31). The largest absolute Gasteiger partial charge is 0.324 e. The van der Waals surface area contributed by atoms with Crippen LogP contribution in [0.3, 0.4) is 0 Å². The fourth-order valence-corrected chi connectivity index (χ4v) is 5.86. The predicted octanol–water partition coefficient (Wildman–Crippen LogP) is 6.47. The highest BCUT2D eigenvalue weighted by Crippen LogP contribution is 2.28. The first kappa shape index (κ1) is 26.6. The van der Waals surface area contributed by atoms with E-state index in [9.17, 15) is 13.2 Å². The lowest BCUT2D eigenvalue weighted by Crippen LogP contribution is -2.37. The zero-order valence-electron chi connectivity index (χ0n) is 19.4. The molecule has 8 heteroatoms. The van der Waals surface area contributed by atoms with Crippen LogP contribution < -0.4 is 5.32 Å². The minimum atomic E-state index is -3.90. The lowest BCUT2D eigenvalue weighted by molar-refractivity contribution is -0.116. The lowest BCUT2D eigenvalue weighted by atomic mass is 10.0. The van der Waals surface area contributed by atoms with Gasteiger partial charge in [-0.1, -0.05) is 75.5 Å². The summed E-state index contributed by atoms with van der Waals surface area (Å²) in [6.45, 7) is 5.74. The molecule has 3 rings (SSSR count). The summed E-state index contributed by atoms with van der Waals surface area (Å²) in [6.07, 6.45) is 1.48. The van der Waals surface area contributed by atoms with E-state index in [4.69, 9.17) is 0 Å². The Kier molecular flexibility index (Phi) is 9.09. The van der Waals surface area contributed by atoms with Gasteiger partial charge in [-0.15, -0.1) is 0 Å². The molecule has 0 radical (unpaired) electrons. The van der Waals surface area contributed by atoms with E-state index in [1.807, 2.05) is 57.2 Å². The number of nitrogens with zero attached hydrogens (tertiary/aromatic N) is 1. The van der Waals surface area contributed by atoms with Gasteiger partial charge in [-0.05, 0) is 72.9 Å². The third kappa shape index (κ3) is 6.56. The number of sulfonamides is 1. The summed E-state index contributed by atoms with van der Waals surface area (Å²) in [6, 6.07) is 18.0. The number of hydrogen-bond acceptors (Lipinski definition) is 3. The Labute approximate surface area is 218 Å². The van der Waals surface area contributed by atoms with Crippen LogP contribution in [0, 0.1) is 6.92 Å². The zero-order valence-corrected chi connectivity index (χ0v) is 23.4. The molecule has 0 atom stereocenters. The highest BCUT2D eigenvalue weighted by molar-refractivity contribution is 9.10. The van der Waals surface area contributed by atoms with Crippen molar-refractivity contribution in [3.05, 3.63) is 91.9 Å². The molecule has 3 aromatic carbocycles. The Bertz CT molecular complexity index is 1230. The molecule has 180 valence electrons. The van der Waals surface area contributed by atoms with Gasteiger partial charge >= 0.3 is 0 Å². The highest BCUT2D eigenvalue weighted by atomic mass is 79.9. The fraction of sp³-hybridized carbons (Fsp3) is 0.269. The minimum Gasteiger partial charge on any atom is -0.324 e. The van der Waals surface area contributed by atoms with E-state index < -0.39 is 10.0 Å². The van der Waals surface area contributed by atoms with Crippen molar-refractivity contribution >= 4 is 53.5 Å². The lowest BCUT2D eigenvalue weighted by Gasteiger charge is -2.23. The number of aryl methyl sites for hydroxylation is 3. The molecule has 0 fully saturated rings. The average Bonchev–Trinajstić information content (AvgIpc) is 2.81. The molecule has 0 unspecified atom stereocenters. The quantitative estimate of drug-likeness (QED) is 0.303. The Morgan fingerprint density at radius 1 is 0.882 bits per heavy atom. The van der Waals surface area contributed by atoms with E-state index in [0.29, 0.717) is 0 Å². The summed E-state index contributed by atoms with van der Waals surface area (Å²) in [5.41, 5.74) is 4.51. The smallest absolute Gasteiger partial charge is 0.243 e. The molecule has 0 aliphatic carbocycles. The maximum absolute atomic E-state index is 13.5. The molecule has 0 aromatic heterocycles. The van der Waals surface area contributed by atoms with Gasteiger partial charge in [-0.3, -0.25) is 4.79 Å². The third-order valence-corrected chi connectivity index (χ3v) is 8.34. The van der Waals surface area contributed by atoms with Gasteiger partial charge < -0.3 is 5.32 Å². The number of hydrogen-bond donors (Lipinski definition) is 1. The van der Waals surface area contributed by atoms with Crippen LogP contribution in [0.2, 0.25) is 0 Å². The number of nitrogens with one attached hydrogen (secondary N) is 1. The van der Waals surface area contributed by atoms with Crippen LogP contribution in [0.15, 0.2) is 74.5 Å². The first-order valence-corrected chi connectivity index (χ1v) is 14.1. The van der Waals surface area contributed by atoms with Gasteiger partial charge in [0.15, 0.2) is 0 Å². The summed E-state index contributed by atoms with van der Waals surface area (Å²) in [7, 11) is -3.90. The van der Waals surface area contributed by atoms with Gasteiger partial charge in [0.05, 0.1) is 11.4 Å². The van der Waals surface area contributed by atoms with Gasteiger partial charge in [-0.2, -0.15) is 4.31 Å². The molecule has 3 aromatic rings. The first-order valence-electron chi connectivity index (χ1n) is 11.1. The van der Waals surface area contributed by atoms with E-state index in [-0.39, 0.29) is 23.9 Å². The number of anilines is 1. The maximum Gasteiger partial charge on any atom is 0.243 e. The van der Waals surface area contributed by atoms with Gasteiger partial charge in [-0.25, -0.2) is 8.42 Å². The number of carbonyl (C=O) groups excluding carboxylic acids is 1. The summed E-state index contributed by atoms with van der Waals surface area (Å²) < 4.78 is 30.1. The number of amides is 1. The van der Waals surface area contributed by atoms with Crippen LogP contribution in [0.4, 0.5) is 5.69 Å². The normalized spacial score (nSPS) is 11.6. The molecule has 1 amide bonds. The molecule has 0 aliphatic heterocycles. The van der Waals surface area contributed by atoms with E-state index in [1.165, 1.54) is 4.31 Å². The third-order valence-electron chi connectivity index (χ3n) is 5.54. The van der Waals surface area contributed by atoms with Gasteiger partial charge in [0.25, 0.3) is 0 Å². The van der Waals surface area contributed by atoms with Gasteiger partial charge in [0.1, 0.15) is 0 Å². The van der Waals surface area contributed by atoms with Crippen LogP contribution in [0.1, 0.15) is 36.1 Å². The summed E-state index contributed by atoms with van der Waals surface area (Å²) in [4.78, 5) is 13.3. The molecule has 5 nitrogen and oxygen atoms in total. The fourth-order valence-electron chi connectivity index (χ4n) is 3.66.